The van der Waals surface area contributed by atoms with Crippen LogP contribution in [0.5, 0.6) is 0 Å². The van der Waals surface area contributed by atoms with Gasteiger partial charge in [0, 0.05) is 24.1 Å². The first-order valence-electron chi connectivity index (χ1n) is 8.11. The first-order valence-corrected chi connectivity index (χ1v) is 8.11. The van der Waals surface area contributed by atoms with E-state index in [0.29, 0.717) is 11.5 Å². The van der Waals surface area contributed by atoms with Gasteiger partial charge in [0.05, 0.1) is 0 Å². The van der Waals surface area contributed by atoms with Crippen LogP contribution in [0.3, 0.4) is 0 Å². The molecule has 0 aliphatic carbocycles. The van der Waals surface area contributed by atoms with Crippen LogP contribution in [0.1, 0.15) is 28.9 Å². The van der Waals surface area contributed by atoms with E-state index < -0.39 is 12.1 Å². The second kappa shape index (κ2) is 6.91. The van der Waals surface area contributed by atoms with Crippen LogP contribution >= 0.6 is 0 Å². The molecule has 0 spiro atoms. The molecule has 1 unspecified atom stereocenters. The zero-order chi connectivity index (χ0) is 18.8. The van der Waals surface area contributed by atoms with Crippen molar-refractivity contribution in [3.05, 3.63) is 53.6 Å². The zero-order valence-electron chi connectivity index (χ0n) is 15.0. The molecule has 1 atom stereocenters. The molecular weight excluding hydrogens is 334 g/mol. The largest absolute Gasteiger partial charge is 0.447 e. The molecule has 0 aliphatic heterocycles. The van der Waals surface area contributed by atoms with E-state index >= 15 is 0 Å². The smallest absolute Gasteiger partial charge is 0.379 e. The molecule has 1 aromatic carbocycles. The molecule has 2 heterocycles. The minimum absolute atomic E-state index is 0.131. The maximum absolute atomic E-state index is 12.5. The fourth-order valence-electron chi connectivity index (χ4n) is 2.57. The Morgan fingerprint density at radius 2 is 1.85 bits per heavy atom. The van der Waals surface area contributed by atoms with E-state index in [1.54, 1.807) is 19.2 Å². The Bertz CT molecular complexity index is 968. The molecule has 2 aromatic heterocycles. The van der Waals surface area contributed by atoms with Crippen molar-refractivity contribution >= 4 is 23.3 Å². The first kappa shape index (κ1) is 17.5. The normalized spacial score (nSPS) is 12.0. The molecular formula is C18H19N5O3. The summed E-state index contributed by atoms with van der Waals surface area (Å²) in [5.74, 6) is -0.934. The van der Waals surface area contributed by atoms with Gasteiger partial charge in [-0.1, -0.05) is 18.2 Å². The third-order valence-corrected chi connectivity index (χ3v) is 3.91. The Balaban J connectivity index is 1.75. The lowest BCUT2D eigenvalue weighted by Gasteiger charge is -2.21. The molecule has 0 N–H and O–H groups in total. The highest BCUT2D eigenvalue weighted by Gasteiger charge is 2.25. The number of hydrogen-bond donors (Lipinski definition) is 0. The average molecular weight is 353 g/mol. The molecule has 8 nitrogen and oxygen atoms in total. The minimum atomic E-state index is -0.977. The Kier molecular flexibility index (Phi) is 4.66. The lowest BCUT2D eigenvalue weighted by molar-refractivity contribution is -0.126. The van der Waals surface area contributed by atoms with Crippen LogP contribution in [0.4, 0.5) is 5.69 Å². The summed E-state index contributed by atoms with van der Waals surface area (Å²) in [7, 11) is 1.63. The average Bonchev–Trinajstić information content (AvgIpc) is 3.05. The quantitative estimate of drug-likeness (QED) is 0.666. The number of carbonyl (C=O) groups is 2. The van der Waals surface area contributed by atoms with Gasteiger partial charge in [-0.25, -0.2) is 14.3 Å². The van der Waals surface area contributed by atoms with Crippen LogP contribution in [0.15, 0.2) is 36.4 Å². The Hall–Kier alpha value is -3.29. The van der Waals surface area contributed by atoms with Crippen molar-refractivity contribution in [2.45, 2.75) is 26.9 Å². The van der Waals surface area contributed by atoms with Gasteiger partial charge in [0.2, 0.25) is 0 Å². The zero-order valence-corrected chi connectivity index (χ0v) is 15.0. The number of aromatic nitrogens is 4. The van der Waals surface area contributed by atoms with Gasteiger partial charge in [-0.2, -0.15) is 4.98 Å². The van der Waals surface area contributed by atoms with Gasteiger partial charge in [0.25, 0.3) is 17.5 Å². The molecule has 3 rings (SSSR count). The van der Waals surface area contributed by atoms with E-state index in [4.69, 9.17) is 4.74 Å². The Morgan fingerprint density at radius 3 is 2.54 bits per heavy atom. The number of carbonyl (C=O) groups excluding carboxylic acids is 2. The number of aryl methyl sites for hydroxylation is 2. The molecule has 8 heteroatoms. The van der Waals surface area contributed by atoms with Crippen molar-refractivity contribution in [2.24, 2.45) is 0 Å². The molecule has 0 saturated carbocycles. The van der Waals surface area contributed by atoms with Crippen LogP contribution in [0, 0.1) is 13.8 Å². The molecule has 0 radical (unpaired) electrons. The van der Waals surface area contributed by atoms with Crippen molar-refractivity contribution in [3.8, 4) is 0 Å². The van der Waals surface area contributed by atoms with Crippen LogP contribution in [0.25, 0.3) is 5.78 Å². The molecule has 0 saturated heterocycles. The van der Waals surface area contributed by atoms with E-state index in [1.807, 2.05) is 38.1 Å². The lowest BCUT2D eigenvalue weighted by atomic mass is 10.2. The summed E-state index contributed by atoms with van der Waals surface area (Å²) < 4.78 is 6.71. The van der Waals surface area contributed by atoms with Crippen molar-refractivity contribution in [2.75, 3.05) is 11.9 Å². The minimum Gasteiger partial charge on any atom is -0.447 e. The number of hydrogen-bond acceptors (Lipinski definition) is 6. The summed E-state index contributed by atoms with van der Waals surface area (Å²) in [5, 5.41) is 4.11. The third-order valence-electron chi connectivity index (χ3n) is 3.91. The second-order valence-corrected chi connectivity index (χ2v) is 5.97. The van der Waals surface area contributed by atoms with Crippen LogP contribution in [-0.4, -0.2) is 44.6 Å². The van der Waals surface area contributed by atoms with E-state index in [-0.39, 0.29) is 11.7 Å². The number of benzene rings is 1. The van der Waals surface area contributed by atoms with E-state index in [9.17, 15) is 9.59 Å². The SMILES string of the molecule is Cc1cc(C)n2nc(C(=O)OC(C)C(=O)N(C)c3ccccc3)nc2n1. The number of ether oxygens (including phenoxy) is 1. The van der Waals surface area contributed by atoms with Crippen molar-refractivity contribution in [3.63, 3.8) is 0 Å². The maximum Gasteiger partial charge on any atom is 0.379 e. The number of esters is 1. The van der Waals surface area contributed by atoms with Crippen LogP contribution < -0.4 is 4.90 Å². The van der Waals surface area contributed by atoms with Gasteiger partial charge in [0.1, 0.15) is 0 Å². The van der Waals surface area contributed by atoms with Gasteiger partial charge >= 0.3 is 5.97 Å². The van der Waals surface area contributed by atoms with Gasteiger partial charge in [0.15, 0.2) is 6.10 Å². The fraction of sp³-hybridized carbons (Fsp3) is 0.278. The number of fused-ring (bicyclic) bond motifs is 1. The predicted octanol–water partition coefficient (Wildman–Crippen LogP) is 1.95. The standard InChI is InChI=1S/C18H19N5O3/c1-11-10-12(2)23-18(19-11)20-15(21-23)17(25)26-13(3)16(24)22(4)14-8-6-5-7-9-14/h5-10,13H,1-4H3. The molecule has 1 amide bonds. The lowest BCUT2D eigenvalue weighted by Crippen LogP contribution is -2.37. The van der Waals surface area contributed by atoms with E-state index in [0.717, 1.165) is 11.4 Å². The summed E-state index contributed by atoms with van der Waals surface area (Å²) in [4.78, 5) is 34.6. The van der Waals surface area contributed by atoms with Gasteiger partial charge in [-0.05, 0) is 39.0 Å². The highest BCUT2D eigenvalue weighted by atomic mass is 16.5. The van der Waals surface area contributed by atoms with E-state index in [1.165, 1.54) is 16.3 Å². The Morgan fingerprint density at radius 1 is 1.15 bits per heavy atom. The Labute approximate surface area is 150 Å². The summed E-state index contributed by atoms with van der Waals surface area (Å²) in [5.41, 5.74) is 2.28. The van der Waals surface area contributed by atoms with Crippen LogP contribution in [0.2, 0.25) is 0 Å². The molecule has 0 bridgehead atoms. The molecule has 0 aliphatic rings. The summed E-state index contributed by atoms with van der Waals surface area (Å²) >= 11 is 0. The second-order valence-electron chi connectivity index (χ2n) is 5.97. The highest BCUT2D eigenvalue weighted by Crippen LogP contribution is 2.14. The van der Waals surface area contributed by atoms with Gasteiger partial charge in [-0.3, -0.25) is 4.79 Å². The van der Waals surface area contributed by atoms with Gasteiger partial charge < -0.3 is 9.64 Å². The van der Waals surface area contributed by atoms with Crippen molar-refractivity contribution < 1.29 is 14.3 Å². The third kappa shape index (κ3) is 3.39. The maximum atomic E-state index is 12.5. The summed E-state index contributed by atoms with van der Waals surface area (Å²) in [6.07, 6.45) is -0.977. The fourth-order valence-corrected chi connectivity index (χ4v) is 2.57. The molecule has 26 heavy (non-hydrogen) atoms. The van der Waals surface area contributed by atoms with E-state index in [2.05, 4.69) is 15.1 Å². The topological polar surface area (TPSA) is 89.7 Å². The summed E-state index contributed by atoms with van der Waals surface area (Å²) in [6, 6.07) is 10.9. The van der Waals surface area contributed by atoms with Crippen molar-refractivity contribution in [1.82, 2.24) is 19.6 Å². The number of likely N-dealkylation sites (N-methyl/N-ethyl adjacent to an activating group) is 1. The predicted molar refractivity (Wildman–Crippen MR) is 95.0 cm³/mol. The number of rotatable bonds is 4. The number of amides is 1. The molecule has 3 aromatic rings. The number of nitrogens with zero attached hydrogens (tertiary/aromatic N) is 5. The first-order chi connectivity index (χ1) is 12.4. The van der Waals surface area contributed by atoms with Crippen LogP contribution in [-0.2, 0) is 9.53 Å². The monoisotopic (exact) mass is 353 g/mol. The number of anilines is 1. The van der Waals surface area contributed by atoms with Crippen molar-refractivity contribution in [1.29, 1.82) is 0 Å². The van der Waals surface area contributed by atoms with Gasteiger partial charge in [-0.15, -0.1) is 5.10 Å². The number of para-hydroxylation sites is 1. The summed E-state index contributed by atoms with van der Waals surface area (Å²) in [6.45, 7) is 5.19. The molecule has 134 valence electrons. The molecule has 0 fully saturated rings. The highest BCUT2D eigenvalue weighted by molar-refractivity contribution is 5.98.